The molecule has 0 aromatic heterocycles. The summed E-state index contributed by atoms with van der Waals surface area (Å²) in [6.45, 7) is 4.47. The van der Waals surface area contributed by atoms with E-state index in [1.165, 1.54) is 33.8 Å². The minimum absolute atomic E-state index is 0.560. The summed E-state index contributed by atoms with van der Waals surface area (Å²) in [5, 5.41) is 0. The van der Waals surface area contributed by atoms with E-state index < -0.39 is 0 Å². The quantitative estimate of drug-likeness (QED) is 0.427. The second kappa shape index (κ2) is 5.58. The van der Waals surface area contributed by atoms with E-state index in [1.54, 1.807) is 0 Å². The lowest BCUT2D eigenvalue weighted by atomic mass is 9.94. The Kier molecular flexibility index (Phi) is 3.42. The maximum atomic E-state index is 2.39. The van der Waals surface area contributed by atoms with Gasteiger partial charge in [-0.25, -0.2) is 0 Å². The summed E-state index contributed by atoms with van der Waals surface area (Å²) in [5.74, 6) is 0.560. The second-order valence-corrected chi connectivity index (χ2v) is 6.52. The van der Waals surface area contributed by atoms with E-state index in [9.17, 15) is 0 Å². The van der Waals surface area contributed by atoms with E-state index in [0.29, 0.717) is 5.92 Å². The molecule has 0 atom stereocenters. The maximum absolute atomic E-state index is 2.39. The van der Waals surface area contributed by atoms with E-state index in [4.69, 9.17) is 0 Å². The molecule has 114 valence electrons. The molecule has 0 bridgehead atoms. The summed E-state index contributed by atoms with van der Waals surface area (Å²) in [6.07, 6.45) is 1.01. The first kappa shape index (κ1) is 14.1. The highest BCUT2D eigenvalue weighted by molar-refractivity contribution is 5.83. The molecule has 0 unspecified atom stereocenters. The fraction of sp³-hybridized carbons (Fsp3) is 0.182. The minimum atomic E-state index is 0.560. The molecule has 1 heteroatoms. The molecule has 0 aliphatic carbocycles. The molecule has 3 aromatic rings. The molecule has 23 heavy (non-hydrogen) atoms. The van der Waals surface area contributed by atoms with Crippen LogP contribution in [-0.2, 0) is 6.42 Å². The lowest BCUT2D eigenvalue weighted by molar-refractivity contribution is 0.866. The van der Waals surface area contributed by atoms with E-state index in [0.717, 1.165) is 6.42 Å². The Morgan fingerprint density at radius 3 is 1.74 bits per heavy atom. The van der Waals surface area contributed by atoms with Gasteiger partial charge in [-0.2, -0.15) is 0 Å². The van der Waals surface area contributed by atoms with Gasteiger partial charge in [-0.3, -0.25) is 0 Å². The van der Waals surface area contributed by atoms with E-state index in [1.807, 2.05) is 0 Å². The number of hydrogen-bond acceptors (Lipinski definition) is 1. The summed E-state index contributed by atoms with van der Waals surface area (Å²) in [6, 6.07) is 26.4. The molecule has 1 nitrogen and oxygen atoms in total. The van der Waals surface area contributed by atoms with Crippen LogP contribution in [0.15, 0.2) is 72.8 Å². The van der Waals surface area contributed by atoms with Crippen molar-refractivity contribution in [2.45, 2.75) is 26.2 Å². The molecular weight excluding hydrogens is 278 g/mol. The van der Waals surface area contributed by atoms with Crippen molar-refractivity contribution in [2.24, 2.45) is 0 Å². The van der Waals surface area contributed by atoms with Crippen LogP contribution in [0.25, 0.3) is 0 Å². The van der Waals surface area contributed by atoms with Crippen molar-refractivity contribution in [3.8, 4) is 0 Å². The summed E-state index contributed by atoms with van der Waals surface area (Å²) >= 11 is 0. The molecule has 0 spiro atoms. The Bertz CT molecular complexity index is 785. The van der Waals surface area contributed by atoms with Gasteiger partial charge in [0.25, 0.3) is 0 Å². The molecule has 0 amide bonds. The van der Waals surface area contributed by atoms with Crippen molar-refractivity contribution in [1.82, 2.24) is 0 Å². The summed E-state index contributed by atoms with van der Waals surface area (Å²) in [4.78, 5) is 2.39. The van der Waals surface area contributed by atoms with Gasteiger partial charge in [0.15, 0.2) is 0 Å². The van der Waals surface area contributed by atoms with Crippen LogP contribution in [0.3, 0.4) is 0 Å². The van der Waals surface area contributed by atoms with Gasteiger partial charge in [-0.15, -0.1) is 0 Å². The Balaban J connectivity index is 1.87. The van der Waals surface area contributed by atoms with Gasteiger partial charge in [0.2, 0.25) is 0 Å². The SMILES string of the molecule is CC(C)c1ccc(N2c3ccccc3Cc3ccccc32)cc1. The van der Waals surface area contributed by atoms with Gasteiger partial charge < -0.3 is 4.90 Å². The van der Waals surface area contributed by atoms with Gasteiger partial charge in [0.05, 0.1) is 0 Å². The summed E-state index contributed by atoms with van der Waals surface area (Å²) < 4.78 is 0. The zero-order chi connectivity index (χ0) is 15.8. The molecule has 1 heterocycles. The van der Waals surface area contributed by atoms with Gasteiger partial charge in [0.1, 0.15) is 0 Å². The third-order valence-electron chi connectivity index (χ3n) is 4.66. The molecule has 0 N–H and O–H groups in total. The fourth-order valence-electron chi connectivity index (χ4n) is 3.38. The van der Waals surface area contributed by atoms with Crippen LogP contribution in [0, 0.1) is 0 Å². The molecule has 0 radical (unpaired) electrons. The van der Waals surface area contributed by atoms with Crippen LogP contribution in [0.4, 0.5) is 17.1 Å². The molecule has 0 saturated heterocycles. The number of fused-ring (bicyclic) bond motifs is 2. The van der Waals surface area contributed by atoms with Crippen molar-refractivity contribution in [1.29, 1.82) is 0 Å². The standard InChI is InChI=1S/C22H21N/c1-16(2)17-11-13-20(14-12-17)23-21-9-5-3-7-18(21)15-19-8-4-6-10-22(19)23/h3-14,16H,15H2,1-2H3. The van der Waals surface area contributed by atoms with Crippen molar-refractivity contribution in [3.63, 3.8) is 0 Å². The fourth-order valence-corrected chi connectivity index (χ4v) is 3.38. The zero-order valence-corrected chi connectivity index (χ0v) is 13.7. The highest BCUT2D eigenvalue weighted by Crippen LogP contribution is 2.43. The molecule has 1 aliphatic rings. The Morgan fingerprint density at radius 1 is 0.696 bits per heavy atom. The number of para-hydroxylation sites is 2. The third-order valence-corrected chi connectivity index (χ3v) is 4.66. The smallest absolute Gasteiger partial charge is 0.0497 e. The van der Waals surface area contributed by atoms with Crippen LogP contribution in [0.2, 0.25) is 0 Å². The summed E-state index contributed by atoms with van der Waals surface area (Å²) in [7, 11) is 0. The van der Waals surface area contributed by atoms with E-state index in [2.05, 4.69) is 91.5 Å². The lowest BCUT2D eigenvalue weighted by Crippen LogP contribution is -2.18. The van der Waals surface area contributed by atoms with Crippen LogP contribution < -0.4 is 4.90 Å². The number of rotatable bonds is 2. The molecule has 4 rings (SSSR count). The van der Waals surface area contributed by atoms with Crippen LogP contribution in [0.5, 0.6) is 0 Å². The second-order valence-electron chi connectivity index (χ2n) is 6.52. The van der Waals surface area contributed by atoms with E-state index >= 15 is 0 Å². The first-order chi connectivity index (χ1) is 11.2. The molecule has 0 fully saturated rings. The first-order valence-electron chi connectivity index (χ1n) is 8.30. The Hall–Kier alpha value is -2.54. The molecule has 0 saturated carbocycles. The number of anilines is 3. The van der Waals surface area contributed by atoms with Gasteiger partial charge in [0, 0.05) is 23.5 Å². The Labute approximate surface area is 138 Å². The van der Waals surface area contributed by atoms with Crippen molar-refractivity contribution in [3.05, 3.63) is 89.5 Å². The average Bonchev–Trinajstić information content (AvgIpc) is 2.59. The lowest BCUT2D eigenvalue weighted by Gasteiger charge is -2.33. The number of hydrogen-bond donors (Lipinski definition) is 0. The average molecular weight is 299 g/mol. The predicted octanol–water partition coefficient (Wildman–Crippen LogP) is 6.18. The van der Waals surface area contributed by atoms with Crippen LogP contribution >= 0.6 is 0 Å². The maximum Gasteiger partial charge on any atom is 0.0497 e. The van der Waals surface area contributed by atoms with Gasteiger partial charge >= 0.3 is 0 Å². The monoisotopic (exact) mass is 299 g/mol. The van der Waals surface area contributed by atoms with Crippen molar-refractivity contribution < 1.29 is 0 Å². The van der Waals surface area contributed by atoms with Crippen LogP contribution in [0.1, 0.15) is 36.5 Å². The first-order valence-corrected chi connectivity index (χ1v) is 8.30. The predicted molar refractivity (Wildman–Crippen MR) is 98.0 cm³/mol. The number of benzene rings is 3. The van der Waals surface area contributed by atoms with Crippen molar-refractivity contribution in [2.75, 3.05) is 4.90 Å². The number of nitrogens with zero attached hydrogens (tertiary/aromatic N) is 1. The van der Waals surface area contributed by atoms with Gasteiger partial charge in [-0.05, 0) is 46.9 Å². The minimum Gasteiger partial charge on any atom is -0.310 e. The van der Waals surface area contributed by atoms with Crippen LogP contribution in [-0.4, -0.2) is 0 Å². The summed E-state index contributed by atoms with van der Waals surface area (Å²) in [5.41, 5.74) is 7.98. The highest BCUT2D eigenvalue weighted by Gasteiger charge is 2.23. The van der Waals surface area contributed by atoms with E-state index in [-0.39, 0.29) is 0 Å². The van der Waals surface area contributed by atoms with Crippen molar-refractivity contribution >= 4 is 17.1 Å². The van der Waals surface area contributed by atoms with Gasteiger partial charge in [-0.1, -0.05) is 62.4 Å². The highest BCUT2D eigenvalue weighted by atomic mass is 15.2. The largest absolute Gasteiger partial charge is 0.310 e. The third kappa shape index (κ3) is 2.43. The topological polar surface area (TPSA) is 3.24 Å². The zero-order valence-electron chi connectivity index (χ0n) is 13.7. The molecule has 1 aliphatic heterocycles. The normalized spacial score (nSPS) is 12.9. The molecular formula is C22H21N. The molecule has 3 aromatic carbocycles. The Morgan fingerprint density at radius 2 is 1.22 bits per heavy atom.